The average Bonchev–Trinajstić information content (AvgIpc) is 2.78. The number of ether oxygens (including phenoxy) is 1. The second-order valence-corrected chi connectivity index (χ2v) is 4.41. The van der Waals surface area contributed by atoms with Gasteiger partial charge in [-0.15, -0.1) is 0 Å². The lowest BCUT2D eigenvalue weighted by Crippen LogP contribution is -2.23. The lowest BCUT2D eigenvalue weighted by molar-refractivity contribution is 0.177. The Labute approximate surface area is 89.0 Å². The summed E-state index contributed by atoms with van der Waals surface area (Å²) in [6.45, 7) is 3.97. The number of hydrogen-bond acceptors (Lipinski definition) is 4. The molecule has 0 aliphatic carbocycles. The largest absolute Gasteiger partial charge is 0.397 e. The maximum atomic E-state index is 5.62. The molecule has 0 aromatic carbocycles. The van der Waals surface area contributed by atoms with E-state index in [2.05, 4.69) is 9.88 Å². The molecule has 0 spiro atoms. The predicted octanol–water partition coefficient (Wildman–Crippen LogP) is 0.746. The minimum Gasteiger partial charge on any atom is -0.397 e. The predicted molar refractivity (Wildman–Crippen MR) is 58.7 cm³/mol. The van der Waals surface area contributed by atoms with Crippen molar-refractivity contribution < 1.29 is 4.74 Å². The van der Waals surface area contributed by atoms with Crippen molar-refractivity contribution in [3.05, 3.63) is 18.3 Å². The molecule has 2 aliphatic rings. The second kappa shape index (κ2) is 3.38. The summed E-state index contributed by atoms with van der Waals surface area (Å²) in [4.78, 5) is 6.68. The number of fused-ring (bicyclic) bond motifs is 1. The number of nitrogens with two attached hydrogens (primary N) is 1. The molecule has 1 aromatic heterocycles. The highest BCUT2D eigenvalue weighted by molar-refractivity contribution is 5.46. The number of nitrogen functional groups attached to an aromatic ring is 1. The highest BCUT2D eigenvalue weighted by Gasteiger charge is 2.37. The molecule has 2 N–H and O–H groups in total. The molecule has 0 bridgehead atoms. The van der Waals surface area contributed by atoms with Gasteiger partial charge in [-0.3, -0.25) is 0 Å². The minimum atomic E-state index is 0.698. The lowest BCUT2D eigenvalue weighted by Gasteiger charge is -2.18. The molecule has 0 saturated carbocycles. The van der Waals surface area contributed by atoms with E-state index >= 15 is 0 Å². The molecular formula is C11H15N3O. The molecule has 2 atom stereocenters. The number of hydrogen-bond donors (Lipinski definition) is 1. The van der Waals surface area contributed by atoms with Gasteiger partial charge >= 0.3 is 0 Å². The molecule has 0 unspecified atom stereocenters. The highest BCUT2D eigenvalue weighted by Crippen LogP contribution is 2.31. The van der Waals surface area contributed by atoms with Crippen molar-refractivity contribution in [3.63, 3.8) is 0 Å². The first-order valence-electron chi connectivity index (χ1n) is 5.37. The topological polar surface area (TPSA) is 51.4 Å². The van der Waals surface area contributed by atoms with E-state index in [1.807, 2.05) is 12.1 Å². The second-order valence-electron chi connectivity index (χ2n) is 4.41. The summed E-state index contributed by atoms with van der Waals surface area (Å²) >= 11 is 0. The van der Waals surface area contributed by atoms with E-state index in [1.54, 1.807) is 6.20 Å². The van der Waals surface area contributed by atoms with Crippen molar-refractivity contribution in [1.82, 2.24) is 4.98 Å². The van der Waals surface area contributed by atoms with Gasteiger partial charge < -0.3 is 15.4 Å². The molecule has 4 heteroatoms. The van der Waals surface area contributed by atoms with Crippen LogP contribution in [0.3, 0.4) is 0 Å². The summed E-state index contributed by atoms with van der Waals surface area (Å²) in [5.74, 6) is 2.44. The molecule has 2 saturated heterocycles. The van der Waals surface area contributed by atoms with Gasteiger partial charge in [-0.1, -0.05) is 0 Å². The van der Waals surface area contributed by atoms with Crippen LogP contribution in [-0.2, 0) is 4.74 Å². The summed E-state index contributed by atoms with van der Waals surface area (Å²) in [6, 6.07) is 3.91. The van der Waals surface area contributed by atoms with Crippen LogP contribution in [0.2, 0.25) is 0 Å². The van der Waals surface area contributed by atoms with E-state index < -0.39 is 0 Å². The molecule has 0 amide bonds. The summed E-state index contributed by atoms with van der Waals surface area (Å²) < 4.78 is 5.45. The van der Waals surface area contributed by atoms with Crippen LogP contribution in [0.1, 0.15) is 0 Å². The Morgan fingerprint density at radius 3 is 2.60 bits per heavy atom. The molecule has 15 heavy (non-hydrogen) atoms. The quantitative estimate of drug-likeness (QED) is 0.735. The first-order valence-corrected chi connectivity index (χ1v) is 5.37. The summed E-state index contributed by atoms with van der Waals surface area (Å²) in [6.07, 6.45) is 1.72. The van der Waals surface area contributed by atoms with E-state index in [1.165, 1.54) is 0 Å². The maximum Gasteiger partial charge on any atom is 0.128 e. The van der Waals surface area contributed by atoms with Crippen LogP contribution in [-0.4, -0.2) is 31.3 Å². The van der Waals surface area contributed by atoms with Gasteiger partial charge in [-0.05, 0) is 12.1 Å². The van der Waals surface area contributed by atoms with E-state index in [4.69, 9.17) is 10.5 Å². The lowest BCUT2D eigenvalue weighted by atomic mass is 10.0. The molecule has 0 radical (unpaired) electrons. The van der Waals surface area contributed by atoms with Gasteiger partial charge in [0.05, 0.1) is 25.1 Å². The van der Waals surface area contributed by atoms with Crippen molar-refractivity contribution in [2.75, 3.05) is 36.9 Å². The molecule has 2 aliphatic heterocycles. The number of aromatic nitrogens is 1. The number of nitrogens with zero attached hydrogens (tertiary/aromatic N) is 2. The van der Waals surface area contributed by atoms with Gasteiger partial charge in [0.1, 0.15) is 5.82 Å². The van der Waals surface area contributed by atoms with Crippen molar-refractivity contribution in [3.8, 4) is 0 Å². The minimum absolute atomic E-state index is 0.698. The van der Waals surface area contributed by atoms with Gasteiger partial charge in [-0.2, -0.15) is 0 Å². The van der Waals surface area contributed by atoms with Crippen molar-refractivity contribution >= 4 is 11.5 Å². The fraction of sp³-hybridized carbons (Fsp3) is 0.545. The van der Waals surface area contributed by atoms with Crippen molar-refractivity contribution in [2.24, 2.45) is 11.8 Å². The van der Waals surface area contributed by atoms with E-state index in [0.29, 0.717) is 11.8 Å². The zero-order chi connectivity index (χ0) is 10.3. The normalized spacial score (nSPS) is 29.5. The molecule has 2 fully saturated rings. The Kier molecular flexibility index (Phi) is 2.02. The van der Waals surface area contributed by atoms with E-state index in [-0.39, 0.29) is 0 Å². The van der Waals surface area contributed by atoms with Crippen molar-refractivity contribution in [1.29, 1.82) is 0 Å². The van der Waals surface area contributed by atoms with Crippen LogP contribution >= 0.6 is 0 Å². The van der Waals surface area contributed by atoms with Crippen LogP contribution in [0.25, 0.3) is 0 Å². The molecule has 3 heterocycles. The highest BCUT2D eigenvalue weighted by atomic mass is 16.5. The Bertz CT molecular complexity index is 339. The van der Waals surface area contributed by atoms with E-state index in [9.17, 15) is 0 Å². The van der Waals surface area contributed by atoms with Crippen LogP contribution in [0, 0.1) is 11.8 Å². The molecule has 80 valence electrons. The third-order valence-electron chi connectivity index (χ3n) is 3.34. The summed E-state index contributed by atoms with van der Waals surface area (Å²) in [7, 11) is 0. The fourth-order valence-corrected chi connectivity index (χ4v) is 2.46. The summed E-state index contributed by atoms with van der Waals surface area (Å²) in [5.41, 5.74) is 6.34. The van der Waals surface area contributed by atoms with Gasteiger partial charge in [0, 0.05) is 24.9 Å². The Morgan fingerprint density at radius 1 is 1.27 bits per heavy atom. The zero-order valence-corrected chi connectivity index (χ0v) is 8.60. The SMILES string of the molecule is Nc1ccc(N2C[C@H]3COC[C@@H]3C2)nc1. The summed E-state index contributed by atoms with van der Waals surface area (Å²) in [5, 5.41) is 0. The van der Waals surface area contributed by atoms with Gasteiger partial charge in [0.2, 0.25) is 0 Å². The van der Waals surface area contributed by atoms with Crippen LogP contribution in [0.4, 0.5) is 11.5 Å². The monoisotopic (exact) mass is 205 g/mol. The van der Waals surface area contributed by atoms with Gasteiger partial charge in [0.15, 0.2) is 0 Å². The smallest absolute Gasteiger partial charge is 0.128 e. The number of pyridine rings is 1. The molecule has 3 rings (SSSR count). The standard InChI is InChI=1S/C11H15N3O/c12-10-1-2-11(13-3-10)14-4-8-6-15-7-9(8)5-14/h1-3,8-9H,4-7,12H2/t8-,9-/m0/s1. The van der Waals surface area contributed by atoms with Crippen LogP contribution in [0.5, 0.6) is 0 Å². The Balaban J connectivity index is 1.76. The average molecular weight is 205 g/mol. The van der Waals surface area contributed by atoms with Gasteiger partial charge in [-0.25, -0.2) is 4.98 Å². The third-order valence-corrected chi connectivity index (χ3v) is 3.34. The molecular weight excluding hydrogens is 190 g/mol. The maximum absolute atomic E-state index is 5.62. The third kappa shape index (κ3) is 1.55. The molecule has 1 aromatic rings. The fourth-order valence-electron chi connectivity index (χ4n) is 2.46. The molecule has 4 nitrogen and oxygen atoms in total. The van der Waals surface area contributed by atoms with Crippen molar-refractivity contribution in [2.45, 2.75) is 0 Å². The number of rotatable bonds is 1. The number of anilines is 2. The Morgan fingerprint density at radius 2 is 2.00 bits per heavy atom. The first-order chi connectivity index (χ1) is 7.33. The van der Waals surface area contributed by atoms with Crippen LogP contribution in [0.15, 0.2) is 18.3 Å². The first kappa shape index (κ1) is 8.97. The Hall–Kier alpha value is -1.29. The zero-order valence-electron chi connectivity index (χ0n) is 8.60. The van der Waals surface area contributed by atoms with E-state index in [0.717, 1.165) is 37.8 Å². The van der Waals surface area contributed by atoms with Gasteiger partial charge in [0.25, 0.3) is 0 Å². The van der Waals surface area contributed by atoms with Crippen LogP contribution < -0.4 is 10.6 Å².